The number of ketones is 1. The van der Waals surface area contributed by atoms with Crippen LogP contribution in [0.4, 0.5) is 0 Å². The first-order chi connectivity index (χ1) is 7.27. The van der Waals surface area contributed by atoms with Gasteiger partial charge in [-0.3, -0.25) is 9.69 Å². The highest BCUT2D eigenvalue weighted by atomic mass is 35.5. The first kappa shape index (κ1) is 13.6. The van der Waals surface area contributed by atoms with Gasteiger partial charge in [-0.1, -0.05) is 6.07 Å². The van der Waals surface area contributed by atoms with Crippen LogP contribution in [0.2, 0.25) is 0 Å². The highest BCUT2D eigenvalue weighted by molar-refractivity contribution is 7.12. The Kier molecular flexibility index (Phi) is 5.41. The van der Waals surface area contributed by atoms with Crippen LogP contribution < -0.4 is 5.32 Å². The van der Waals surface area contributed by atoms with Crippen LogP contribution in [0.1, 0.15) is 16.1 Å². The van der Waals surface area contributed by atoms with Gasteiger partial charge in [0.05, 0.1) is 11.4 Å². The molecule has 1 atom stereocenters. The van der Waals surface area contributed by atoms with Crippen LogP contribution in [0.15, 0.2) is 17.5 Å². The molecule has 16 heavy (non-hydrogen) atoms. The molecule has 1 aliphatic rings. The lowest BCUT2D eigenvalue weighted by atomic mass is 10.2. The Bertz CT molecular complexity index is 323. The van der Waals surface area contributed by atoms with Crippen molar-refractivity contribution < 1.29 is 4.79 Å². The van der Waals surface area contributed by atoms with E-state index in [-0.39, 0.29) is 18.2 Å². The molecule has 2 heterocycles. The first-order valence-electron chi connectivity index (χ1n) is 5.25. The Morgan fingerprint density at radius 3 is 3.06 bits per heavy atom. The summed E-state index contributed by atoms with van der Waals surface area (Å²) in [5.74, 6) is 0.236. The molecule has 1 unspecified atom stereocenters. The van der Waals surface area contributed by atoms with Gasteiger partial charge in [-0.25, -0.2) is 0 Å². The van der Waals surface area contributed by atoms with Crippen molar-refractivity contribution in [2.24, 2.45) is 0 Å². The van der Waals surface area contributed by atoms with E-state index in [2.05, 4.69) is 10.2 Å². The van der Waals surface area contributed by atoms with E-state index in [1.807, 2.05) is 24.6 Å². The van der Waals surface area contributed by atoms with Crippen molar-refractivity contribution in [3.8, 4) is 0 Å². The molecule has 0 saturated carbocycles. The second-order valence-electron chi connectivity index (χ2n) is 3.96. The molecular formula is C11H17ClN2OS. The fourth-order valence-corrected chi connectivity index (χ4v) is 2.54. The summed E-state index contributed by atoms with van der Waals surface area (Å²) in [5, 5.41) is 5.26. The molecule has 0 amide bonds. The summed E-state index contributed by atoms with van der Waals surface area (Å²) in [7, 11) is 2.03. The summed E-state index contributed by atoms with van der Waals surface area (Å²) in [6, 6.07) is 4.34. The molecule has 90 valence electrons. The van der Waals surface area contributed by atoms with Gasteiger partial charge < -0.3 is 5.32 Å². The van der Waals surface area contributed by atoms with Gasteiger partial charge in [0.15, 0.2) is 5.78 Å². The SMILES string of the molecule is CN(CC(=O)c1cccs1)C1CCNC1.Cl. The van der Waals surface area contributed by atoms with E-state index in [1.165, 1.54) is 11.3 Å². The van der Waals surface area contributed by atoms with Crippen molar-refractivity contribution in [1.29, 1.82) is 0 Å². The predicted octanol–water partition coefficient (Wildman–Crippen LogP) is 1.65. The summed E-state index contributed by atoms with van der Waals surface area (Å²) < 4.78 is 0. The smallest absolute Gasteiger partial charge is 0.186 e. The van der Waals surface area contributed by atoms with Crippen molar-refractivity contribution in [2.75, 3.05) is 26.7 Å². The van der Waals surface area contributed by atoms with E-state index in [0.717, 1.165) is 24.4 Å². The average molecular weight is 261 g/mol. The minimum absolute atomic E-state index is 0. The minimum Gasteiger partial charge on any atom is -0.315 e. The summed E-state index contributed by atoms with van der Waals surface area (Å²) in [4.78, 5) is 14.8. The highest BCUT2D eigenvalue weighted by Gasteiger charge is 2.21. The molecule has 0 aliphatic carbocycles. The van der Waals surface area contributed by atoms with Crippen molar-refractivity contribution in [3.63, 3.8) is 0 Å². The Labute approximate surface area is 106 Å². The molecule has 1 N–H and O–H groups in total. The van der Waals surface area contributed by atoms with E-state index in [0.29, 0.717) is 12.6 Å². The second kappa shape index (κ2) is 6.35. The fraction of sp³-hybridized carbons (Fsp3) is 0.545. The average Bonchev–Trinajstić information content (AvgIpc) is 2.91. The number of hydrogen-bond donors (Lipinski definition) is 1. The maximum atomic E-state index is 11.8. The number of nitrogens with one attached hydrogen (secondary N) is 1. The lowest BCUT2D eigenvalue weighted by molar-refractivity contribution is 0.0929. The number of nitrogens with zero attached hydrogens (tertiary/aromatic N) is 1. The van der Waals surface area contributed by atoms with Crippen LogP contribution in [0.3, 0.4) is 0 Å². The normalized spacial score (nSPS) is 19.8. The van der Waals surface area contributed by atoms with Gasteiger partial charge in [-0.2, -0.15) is 0 Å². The van der Waals surface area contributed by atoms with E-state index in [9.17, 15) is 4.79 Å². The molecule has 3 nitrogen and oxygen atoms in total. The predicted molar refractivity (Wildman–Crippen MR) is 69.8 cm³/mol. The Hall–Kier alpha value is -0.420. The molecule has 1 aliphatic heterocycles. The summed E-state index contributed by atoms with van der Waals surface area (Å²) in [6.45, 7) is 2.61. The van der Waals surface area contributed by atoms with Crippen molar-refractivity contribution in [1.82, 2.24) is 10.2 Å². The van der Waals surface area contributed by atoms with Gasteiger partial charge in [-0.05, 0) is 31.5 Å². The van der Waals surface area contributed by atoms with Gasteiger partial charge in [-0.15, -0.1) is 23.7 Å². The van der Waals surface area contributed by atoms with Crippen LogP contribution in [-0.4, -0.2) is 43.4 Å². The molecule has 5 heteroatoms. The molecule has 0 aromatic carbocycles. The molecule has 0 spiro atoms. The van der Waals surface area contributed by atoms with Gasteiger partial charge in [0.2, 0.25) is 0 Å². The minimum atomic E-state index is 0. The first-order valence-corrected chi connectivity index (χ1v) is 6.13. The van der Waals surface area contributed by atoms with Crippen molar-refractivity contribution in [3.05, 3.63) is 22.4 Å². The zero-order valence-electron chi connectivity index (χ0n) is 9.31. The van der Waals surface area contributed by atoms with Gasteiger partial charge in [0.25, 0.3) is 0 Å². The Morgan fingerprint density at radius 1 is 1.69 bits per heavy atom. The van der Waals surface area contributed by atoms with E-state index in [1.54, 1.807) is 0 Å². The van der Waals surface area contributed by atoms with Gasteiger partial charge >= 0.3 is 0 Å². The van der Waals surface area contributed by atoms with E-state index in [4.69, 9.17) is 0 Å². The Morgan fingerprint density at radius 2 is 2.50 bits per heavy atom. The van der Waals surface area contributed by atoms with Crippen LogP contribution in [0, 0.1) is 0 Å². The molecule has 1 fully saturated rings. The third-order valence-corrected chi connectivity index (χ3v) is 3.76. The van der Waals surface area contributed by atoms with Gasteiger partial charge in [0.1, 0.15) is 0 Å². The molecular weight excluding hydrogens is 244 g/mol. The zero-order chi connectivity index (χ0) is 10.7. The molecule has 1 aromatic rings. The lowest BCUT2D eigenvalue weighted by Gasteiger charge is -2.22. The summed E-state index contributed by atoms with van der Waals surface area (Å²) in [5.41, 5.74) is 0. The number of thiophene rings is 1. The summed E-state index contributed by atoms with van der Waals surface area (Å²) in [6.07, 6.45) is 1.15. The van der Waals surface area contributed by atoms with Crippen LogP contribution >= 0.6 is 23.7 Å². The highest BCUT2D eigenvalue weighted by Crippen LogP contribution is 2.12. The van der Waals surface area contributed by atoms with Crippen LogP contribution in [0.25, 0.3) is 0 Å². The number of Topliss-reactive ketones (excluding diaryl/α,β-unsaturated/α-hetero) is 1. The molecule has 1 saturated heterocycles. The maximum absolute atomic E-state index is 11.8. The number of halogens is 1. The number of likely N-dealkylation sites (N-methyl/N-ethyl adjacent to an activating group) is 1. The van der Waals surface area contributed by atoms with Crippen LogP contribution in [0.5, 0.6) is 0 Å². The van der Waals surface area contributed by atoms with Crippen molar-refractivity contribution in [2.45, 2.75) is 12.5 Å². The quantitative estimate of drug-likeness (QED) is 0.836. The Balaban J connectivity index is 0.00000128. The third kappa shape index (κ3) is 3.28. The van der Waals surface area contributed by atoms with Gasteiger partial charge in [0, 0.05) is 12.6 Å². The fourth-order valence-electron chi connectivity index (χ4n) is 1.89. The molecule has 2 rings (SSSR count). The van der Waals surface area contributed by atoms with Crippen LogP contribution in [-0.2, 0) is 0 Å². The van der Waals surface area contributed by atoms with E-state index < -0.39 is 0 Å². The topological polar surface area (TPSA) is 32.3 Å². The number of rotatable bonds is 4. The molecule has 0 bridgehead atoms. The molecule has 0 radical (unpaired) electrons. The monoisotopic (exact) mass is 260 g/mol. The summed E-state index contributed by atoms with van der Waals surface area (Å²) >= 11 is 1.52. The number of carbonyl (C=O) groups is 1. The third-order valence-electron chi connectivity index (χ3n) is 2.85. The second-order valence-corrected chi connectivity index (χ2v) is 4.91. The lowest BCUT2D eigenvalue weighted by Crippen LogP contribution is -2.37. The molecule has 1 aromatic heterocycles. The number of hydrogen-bond acceptors (Lipinski definition) is 4. The largest absolute Gasteiger partial charge is 0.315 e. The van der Waals surface area contributed by atoms with E-state index >= 15 is 0 Å². The maximum Gasteiger partial charge on any atom is 0.186 e. The number of carbonyl (C=O) groups excluding carboxylic acids is 1. The standard InChI is InChI=1S/C11H16N2OS.ClH/c1-13(9-4-5-12-7-9)8-10(14)11-3-2-6-15-11;/h2-3,6,9,12H,4-5,7-8H2,1H3;1H. The van der Waals surface area contributed by atoms with Crippen molar-refractivity contribution >= 4 is 29.5 Å². The zero-order valence-corrected chi connectivity index (χ0v) is 10.9.